The van der Waals surface area contributed by atoms with Crippen molar-refractivity contribution in [3.05, 3.63) is 57.5 Å². The van der Waals surface area contributed by atoms with Crippen molar-refractivity contribution >= 4 is 28.5 Å². The van der Waals surface area contributed by atoms with Gasteiger partial charge in [0.2, 0.25) is 0 Å². The molecule has 1 fully saturated rings. The topological polar surface area (TPSA) is 76.6 Å². The number of benzene rings is 2. The molecule has 2 aromatic carbocycles. The van der Waals surface area contributed by atoms with E-state index in [0.29, 0.717) is 60.5 Å². The smallest absolute Gasteiger partial charge is 0.326 e. The molecule has 170 valence electrons. The van der Waals surface area contributed by atoms with Crippen molar-refractivity contribution in [2.75, 3.05) is 26.8 Å². The Morgan fingerprint density at radius 2 is 1.94 bits per heavy atom. The van der Waals surface area contributed by atoms with Crippen LogP contribution in [0.5, 0.6) is 11.5 Å². The van der Waals surface area contributed by atoms with Gasteiger partial charge in [0.25, 0.3) is 5.91 Å². The van der Waals surface area contributed by atoms with E-state index in [1.54, 1.807) is 17.0 Å². The average molecular weight is 458 g/mol. The van der Waals surface area contributed by atoms with Gasteiger partial charge in [-0.25, -0.2) is 4.79 Å². The van der Waals surface area contributed by atoms with Crippen LogP contribution in [-0.4, -0.2) is 47.2 Å². The lowest BCUT2D eigenvalue weighted by Gasteiger charge is -2.32. The lowest BCUT2D eigenvalue weighted by molar-refractivity contribution is 0.0694. The molecule has 8 heteroatoms. The van der Waals surface area contributed by atoms with Crippen molar-refractivity contribution in [2.45, 2.75) is 32.7 Å². The number of H-pyrrole nitrogens is 1. The number of ether oxygens (including phenoxy) is 2. The molecule has 0 radical (unpaired) electrons. The summed E-state index contributed by atoms with van der Waals surface area (Å²) in [6.07, 6.45) is 1.40. The summed E-state index contributed by atoms with van der Waals surface area (Å²) in [5.74, 6) is 1.13. The van der Waals surface area contributed by atoms with Crippen LogP contribution in [0.25, 0.3) is 11.0 Å². The molecule has 4 rings (SSSR count). The summed E-state index contributed by atoms with van der Waals surface area (Å²) in [7, 11) is 1.53. The maximum Gasteiger partial charge on any atom is 0.326 e. The maximum atomic E-state index is 13.2. The molecular weight excluding hydrogens is 430 g/mol. The number of para-hydroxylation sites is 2. The van der Waals surface area contributed by atoms with Crippen LogP contribution in [0.3, 0.4) is 0 Å². The number of hydrogen-bond donors (Lipinski definition) is 1. The van der Waals surface area contributed by atoms with E-state index in [-0.39, 0.29) is 17.6 Å². The Morgan fingerprint density at radius 3 is 2.62 bits per heavy atom. The predicted octanol–water partition coefficient (Wildman–Crippen LogP) is 4.50. The molecule has 0 bridgehead atoms. The molecule has 1 aliphatic rings. The van der Waals surface area contributed by atoms with Gasteiger partial charge in [-0.3, -0.25) is 9.36 Å². The van der Waals surface area contributed by atoms with Gasteiger partial charge in [-0.05, 0) is 43.0 Å². The number of halogens is 1. The van der Waals surface area contributed by atoms with Gasteiger partial charge in [-0.15, -0.1) is 0 Å². The Bertz CT molecular complexity index is 1180. The number of nitrogens with zero attached hydrogens (tertiary/aromatic N) is 2. The summed E-state index contributed by atoms with van der Waals surface area (Å²) in [5.41, 5.74) is 2.09. The van der Waals surface area contributed by atoms with Crippen molar-refractivity contribution < 1.29 is 14.3 Å². The van der Waals surface area contributed by atoms with E-state index in [4.69, 9.17) is 21.1 Å². The highest BCUT2D eigenvalue weighted by molar-refractivity contribution is 6.32. The number of amides is 1. The van der Waals surface area contributed by atoms with E-state index in [9.17, 15) is 9.59 Å². The molecule has 0 atom stereocenters. The summed E-state index contributed by atoms with van der Waals surface area (Å²) in [6, 6.07) is 11.0. The number of aromatic amines is 1. The highest BCUT2D eigenvalue weighted by Gasteiger charge is 2.27. The zero-order chi connectivity index (χ0) is 22.8. The van der Waals surface area contributed by atoms with Gasteiger partial charge in [0.05, 0.1) is 29.8 Å². The van der Waals surface area contributed by atoms with Gasteiger partial charge in [-0.1, -0.05) is 37.6 Å². The second-order valence-corrected chi connectivity index (χ2v) is 8.94. The van der Waals surface area contributed by atoms with Gasteiger partial charge in [0.15, 0.2) is 11.5 Å². The van der Waals surface area contributed by atoms with Crippen LogP contribution < -0.4 is 15.2 Å². The number of carbonyl (C=O) groups excluding carboxylic acids is 1. The molecule has 1 aromatic heterocycles. The molecule has 1 N–H and O–H groups in total. The number of carbonyl (C=O) groups is 1. The first kappa shape index (κ1) is 22.3. The largest absolute Gasteiger partial charge is 0.493 e. The van der Waals surface area contributed by atoms with E-state index in [0.717, 1.165) is 11.0 Å². The van der Waals surface area contributed by atoms with Gasteiger partial charge >= 0.3 is 5.69 Å². The van der Waals surface area contributed by atoms with Crippen LogP contribution in [0, 0.1) is 5.92 Å². The summed E-state index contributed by atoms with van der Waals surface area (Å²) in [5, 5.41) is 0.355. The number of fused-ring (bicyclic) bond motifs is 1. The van der Waals surface area contributed by atoms with Crippen LogP contribution in [-0.2, 0) is 0 Å². The third-order valence-electron chi connectivity index (χ3n) is 5.78. The molecule has 0 aliphatic carbocycles. The van der Waals surface area contributed by atoms with Crippen molar-refractivity contribution in [1.29, 1.82) is 0 Å². The van der Waals surface area contributed by atoms with Crippen molar-refractivity contribution in [2.24, 2.45) is 5.92 Å². The first-order valence-electron chi connectivity index (χ1n) is 10.9. The van der Waals surface area contributed by atoms with Crippen molar-refractivity contribution in [3.63, 3.8) is 0 Å². The number of nitrogens with one attached hydrogen (secondary N) is 1. The summed E-state index contributed by atoms with van der Waals surface area (Å²) < 4.78 is 13.0. The van der Waals surface area contributed by atoms with Crippen LogP contribution in [0.15, 0.2) is 41.2 Å². The third-order valence-corrected chi connectivity index (χ3v) is 6.06. The summed E-state index contributed by atoms with van der Waals surface area (Å²) >= 11 is 6.43. The monoisotopic (exact) mass is 457 g/mol. The van der Waals surface area contributed by atoms with Crippen LogP contribution >= 0.6 is 11.6 Å². The molecule has 0 saturated carbocycles. The number of rotatable bonds is 6. The number of piperidine rings is 1. The van der Waals surface area contributed by atoms with Gasteiger partial charge in [0, 0.05) is 24.7 Å². The van der Waals surface area contributed by atoms with E-state index < -0.39 is 0 Å². The molecule has 1 amide bonds. The maximum absolute atomic E-state index is 13.2. The molecule has 2 heterocycles. The van der Waals surface area contributed by atoms with Gasteiger partial charge in [0.1, 0.15) is 0 Å². The first-order valence-corrected chi connectivity index (χ1v) is 11.3. The van der Waals surface area contributed by atoms with E-state index in [1.807, 2.05) is 42.7 Å². The van der Waals surface area contributed by atoms with Crippen LogP contribution in [0.2, 0.25) is 5.02 Å². The Morgan fingerprint density at radius 1 is 1.22 bits per heavy atom. The second-order valence-electron chi connectivity index (χ2n) is 8.53. The fourth-order valence-corrected chi connectivity index (χ4v) is 4.45. The molecular formula is C24H28ClN3O4. The molecule has 32 heavy (non-hydrogen) atoms. The fourth-order valence-electron chi connectivity index (χ4n) is 4.18. The zero-order valence-electron chi connectivity index (χ0n) is 18.6. The third kappa shape index (κ3) is 4.35. The minimum atomic E-state index is -0.107. The zero-order valence-corrected chi connectivity index (χ0v) is 19.3. The molecule has 1 aliphatic heterocycles. The summed E-state index contributed by atoms with van der Waals surface area (Å²) in [4.78, 5) is 30.4. The Labute approximate surface area is 191 Å². The number of methoxy groups -OCH3 is 1. The number of imidazole rings is 1. The number of aromatic nitrogens is 2. The standard InChI is InChI=1S/C24H28ClN3O4/c1-15(2)14-32-22-18(25)12-16(13-21(22)31-3)23(29)27-10-8-17(9-11-27)28-20-7-5-4-6-19(20)26-24(28)30/h4-7,12-13,15,17H,8-11,14H2,1-3H3,(H,26,30). The van der Waals surface area contributed by atoms with Crippen LogP contribution in [0.1, 0.15) is 43.1 Å². The second kappa shape index (κ2) is 9.28. The normalized spacial score (nSPS) is 14.8. The van der Waals surface area contributed by atoms with E-state index in [1.165, 1.54) is 7.11 Å². The minimum Gasteiger partial charge on any atom is -0.493 e. The lowest BCUT2D eigenvalue weighted by Crippen LogP contribution is -2.40. The fraction of sp³-hybridized carbons (Fsp3) is 0.417. The highest BCUT2D eigenvalue weighted by Crippen LogP contribution is 2.37. The minimum absolute atomic E-state index is 0.0487. The quantitative estimate of drug-likeness (QED) is 0.591. The van der Waals surface area contributed by atoms with Crippen LogP contribution in [0.4, 0.5) is 0 Å². The molecule has 1 saturated heterocycles. The predicted molar refractivity (Wildman–Crippen MR) is 125 cm³/mol. The Balaban J connectivity index is 1.49. The van der Waals surface area contributed by atoms with Crippen molar-refractivity contribution in [3.8, 4) is 11.5 Å². The lowest BCUT2D eigenvalue weighted by atomic mass is 10.0. The van der Waals surface area contributed by atoms with Gasteiger partial charge in [-0.2, -0.15) is 0 Å². The Kier molecular flexibility index (Phi) is 6.46. The molecule has 3 aromatic rings. The van der Waals surface area contributed by atoms with E-state index >= 15 is 0 Å². The first-order chi connectivity index (χ1) is 15.4. The van der Waals surface area contributed by atoms with Gasteiger partial charge < -0.3 is 19.4 Å². The molecule has 0 spiro atoms. The molecule has 7 nitrogen and oxygen atoms in total. The average Bonchev–Trinajstić information content (AvgIpc) is 3.12. The highest BCUT2D eigenvalue weighted by atomic mass is 35.5. The van der Waals surface area contributed by atoms with E-state index in [2.05, 4.69) is 4.98 Å². The summed E-state index contributed by atoms with van der Waals surface area (Å²) in [6.45, 7) is 5.71. The molecule has 0 unspecified atom stereocenters. The number of likely N-dealkylation sites (tertiary alicyclic amines) is 1. The van der Waals surface area contributed by atoms with Crippen molar-refractivity contribution in [1.82, 2.24) is 14.5 Å². The Hall–Kier alpha value is -2.93. The SMILES string of the molecule is COc1cc(C(=O)N2CCC(n3c(=O)[nH]c4ccccc43)CC2)cc(Cl)c1OCC(C)C. The number of hydrogen-bond acceptors (Lipinski definition) is 4.